The third-order valence-electron chi connectivity index (χ3n) is 5.56. The first-order chi connectivity index (χ1) is 16.1. The third-order valence-corrected chi connectivity index (χ3v) is 5.81. The van der Waals surface area contributed by atoms with E-state index in [1.165, 1.54) is 0 Å². The fourth-order valence-electron chi connectivity index (χ4n) is 3.74. The van der Waals surface area contributed by atoms with Crippen molar-refractivity contribution in [2.75, 3.05) is 6.54 Å². The van der Waals surface area contributed by atoms with Crippen LogP contribution in [0.2, 0.25) is 5.02 Å². The lowest BCUT2D eigenvalue weighted by Crippen LogP contribution is -2.43. The lowest BCUT2D eigenvalue weighted by atomic mass is 10.0. The fraction of sp³-hybridized carbons (Fsp3) is 0.286. The highest BCUT2D eigenvalue weighted by molar-refractivity contribution is 6.30. The lowest BCUT2D eigenvalue weighted by molar-refractivity contribution is -0.141. The van der Waals surface area contributed by atoms with E-state index in [4.69, 9.17) is 11.6 Å². The maximum Gasteiger partial charge on any atom is 0.247 e. The molecule has 0 fully saturated rings. The number of nitrogens with one attached hydrogen (secondary N) is 1. The number of benzene rings is 3. The minimum absolute atomic E-state index is 0.0618. The molecule has 0 saturated heterocycles. The first-order valence-electron chi connectivity index (χ1n) is 11.5. The Morgan fingerprint density at radius 2 is 1.52 bits per heavy atom. The predicted octanol–water partition coefficient (Wildman–Crippen LogP) is 5.96. The number of carbonyl (C=O) groups excluding carboxylic acids is 2. The summed E-state index contributed by atoms with van der Waals surface area (Å²) >= 11 is 6.06. The van der Waals surface area contributed by atoms with Crippen molar-refractivity contribution in [3.05, 3.63) is 107 Å². The molecule has 5 heteroatoms. The van der Waals surface area contributed by atoms with Gasteiger partial charge in [0.25, 0.3) is 0 Å². The lowest BCUT2D eigenvalue weighted by Gasteiger charge is -2.32. The van der Waals surface area contributed by atoms with E-state index in [1.54, 1.807) is 4.90 Å². The molecule has 3 aromatic carbocycles. The number of carbonyl (C=O) groups is 2. The van der Waals surface area contributed by atoms with E-state index in [9.17, 15) is 9.59 Å². The van der Waals surface area contributed by atoms with E-state index in [0.29, 0.717) is 31.0 Å². The number of amides is 2. The molecule has 1 atom stereocenters. The fourth-order valence-corrected chi connectivity index (χ4v) is 3.87. The summed E-state index contributed by atoms with van der Waals surface area (Å²) in [5.41, 5.74) is 2.82. The zero-order chi connectivity index (χ0) is 23.5. The Balaban J connectivity index is 1.90. The molecular formula is C28H31ClN2O2. The van der Waals surface area contributed by atoms with Crippen LogP contribution >= 0.6 is 11.6 Å². The third kappa shape index (κ3) is 7.47. The quantitative estimate of drug-likeness (QED) is 0.357. The Morgan fingerprint density at radius 3 is 2.15 bits per heavy atom. The van der Waals surface area contributed by atoms with E-state index in [1.807, 2.05) is 84.9 Å². The summed E-state index contributed by atoms with van der Waals surface area (Å²) < 4.78 is 0. The summed E-state index contributed by atoms with van der Waals surface area (Å²) in [7, 11) is 0. The van der Waals surface area contributed by atoms with E-state index in [2.05, 4.69) is 12.2 Å². The van der Waals surface area contributed by atoms with Gasteiger partial charge in [0.05, 0.1) is 0 Å². The highest BCUT2D eigenvalue weighted by atomic mass is 35.5. The molecule has 0 aromatic heterocycles. The van der Waals surface area contributed by atoms with Crippen LogP contribution in [0.25, 0.3) is 0 Å². The van der Waals surface area contributed by atoms with Crippen molar-refractivity contribution < 1.29 is 9.59 Å². The van der Waals surface area contributed by atoms with Gasteiger partial charge in [-0.05, 0) is 41.7 Å². The van der Waals surface area contributed by atoms with Crippen LogP contribution in [0, 0.1) is 0 Å². The molecule has 0 aliphatic carbocycles. The molecule has 0 bridgehead atoms. The van der Waals surface area contributed by atoms with Gasteiger partial charge in [0.2, 0.25) is 11.8 Å². The summed E-state index contributed by atoms with van der Waals surface area (Å²) in [6, 6.07) is 26.2. The van der Waals surface area contributed by atoms with Crippen molar-refractivity contribution in [1.29, 1.82) is 0 Å². The molecule has 0 saturated carbocycles. The van der Waals surface area contributed by atoms with Crippen LogP contribution in [0.15, 0.2) is 84.9 Å². The van der Waals surface area contributed by atoms with Crippen molar-refractivity contribution in [1.82, 2.24) is 10.2 Å². The number of rotatable bonds is 11. The molecule has 0 aliphatic rings. The molecule has 3 aromatic rings. The predicted molar refractivity (Wildman–Crippen MR) is 134 cm³/mol. The topological polar surface area (TPSA) is 49.4 Å². The van der Waals surface area contributed by atoms with Crippen LogP contribution in [0.3, 0.4) is 0 Å². The zero-order valence-corrected chi connectivity index (χ0v) is 19.8. The molecule has 3 rings (SSSR count). The molecule has 1 N–H and O–H groups in total. The van der Waals surface area contributed by atoms with Gasteiger partial charge in [0, 0.05) is 24.5 Å². The molecule has 2 amide bonds. The van der Waals surface area contributed by atoms with Gasteiger partial charge in [0.15, 0.2) is 0 Å². The van der Waals surface area contributed by atoms with Crippen LogP contribution in [0.4, 0.5) is 0 Å². The standard InChI is InChI=1S/C28H31ClN2O2/c1-2-3-20-30-28(33)27(24-12-8-5-9-13-24)31(21-23-14-17-25(29)18-15-23)26(32)19-16-22-10-6-4-7-11-22/h4-15,17-18,27H,2-3,16,19-21H2,1H3,(H,30,33)/t27-/m1/s1. The second-order valence-electron chi connectivity index (χ2n) is 8.09. The summed E-state index contributed by atoms with van der Waals surface area (Å²) in [4.78, 5) is 28.6. The maximum atomic E-state index is 13.6. The van der Waals surface area contributed by atoms with Gasteiger partial charge in [-0.25, -0.2) is 0 Å². The molecule has 4 nitrogen and oxygen atoms in total. The number of aryl methyl sites for hydroxylation is 1. The van der Waals surface area contributed by atoms with Gasteiger partial charge in [-0.3, -0.25) is 9.59 Å². The van der Waals surface area contributed by atoms with Crippen LogP contribution in [-0.4, -0.2) is 23.3 Å². The van der Waals surface area contributed by atoms with Crippen molar-refractivity contribution in [3.8, 4) is 0 Å². The highest BCUT2D eigenvalue weighted by Gasteiger charge is 2.31. The van der Waals surface area contributed by atoms with E-state index in [-0.39, 0.29) is 11.8 Å². The van der Waals surface area contributed by atoms with Crippen LogP contribution in [-0.2, 0) is 22.6 Å². The van der Waals surface area contributed by atoms with Crippen molar-refractivity contribution in [3.63, 3.8) is 0 Å². The van der Waals surface area contributed by atoms with Gasteiger partial charge >= 0.3 is 0 Å². The molecule has 0 aliphatic heterocycles. The van der Waals surface area contributed by atoms with Gasteiger partial charge in [0.1, 0.15) is 6.04 Å². The first kappa shape index (κ1) is 24.5. The Labute approximate surface area is 201 Å². The number of nitrogens with zero attached hydrogens (tertiary/aromatic N) is 1. The van der Waals surface area contributed by atoms with Crippen molar-refractivity contribution in [2.24, 2.45) is 0 Å². The van der Waals surface area contributed by atoms with Crippen molar-refractivity contribution >= 4 is 23.4 Å². The molecule has 0 radical (unpaired) electrons. The van der Waals surface area contributed by atoms with Gasteiger partial charge in [-0.2, -0.15) is 0 Å². The number of unbranched alkanes of at least 4 members (excludes halogenated alkanes) is 1. The normalized spacial score (nSPS) is 11.6. The Bertz CT molecular complexity index is 1010. The smallest absolute Gasteiger partial charge is 0.247 e. The van der Waals surface area contributed by atoms with Gasteiger partial charge in [-0.15, -0.1) is 0 Å². The van der Waals surface area contributed by atoms with Crippen LogP contribution in [0.1, 0.15) is 48.9 Å². The second-order valence-corrected chi connectivity index (χ2v) is 8.53. The Morgan fingerprint density at radius 1 is 0.879 bits per heavy atom. The minimum Gasteiger partial charge on any atom is -0.354 e. The molecule has 0 spiro atoms. The average Bonchev–Trinajstić information content (AvgIpc) is 2.85. The zero-order valence-electron chi connectivity index (χ0n) is 19.0. The van der Waals surface area contributed by atoms with E-state index in [0.717, 1.165) is 29.5 Å². The Hall–Kier alpha value is -3.11. The molecule has 172 valence electrons. The SMILES string of the molecule is CCCCNC(=O)[C@@H](c1ccccc1)N(Cc1ccc(Cl)cc1)C(=O)CCc1ccccc1. The summed E-state index contributed by atoms with van der Waals surface area (Å²) in [6.45, 7) is 3.00. The number of hydrogen-bond acceptors (Lipinski definition) is 2. The molecule has 33 heavy (non-hydrogen) atoms. The van der Waals surface area contributed by atoms with E-state index < -0.39 is 6.04 Å². The van der Waals surface area contributed by atoms with Crippen LogP contribution in [0.5, 0.6) is 0 Å². The van der Waals surface area contributed by atoms with Crippen LogP contribution < -0.4 is 5.32 Å². The summed E-state index contributed by atoms with van der Waals surface area (Å²) in [5, 5.41) is 3.67. The van der Waals surface area contributed by atoms with Crippen molar-refractivity contribution in [2.45, 2.75) is 45.2 Å². The molecule has 0 heterocycles. The molecule has 0 unspecified atom stereocenters. The van der Waals surface area contributed by atoms with E-state index >= 15 is 0 Å². The average molecular weight is 463 g/mol. The minimum atomic E-state index is -0.706. The first-order valence-corrected chi connectivity index (χ1v) is 11.9. The maximum absolute atomic E-state index is 13.6. The largest absolute Gasteiger partial charge is 0.354 e. The van der Waals surface area contributed by atoms with Gasteiger partial charge < -0.3 is 10.2 Å². The summed E-state index contributed by atoms with van der Waals surface area (Å²) in [5.74, 6) is -0.218. The monoisotopic (exact) mass is 462 g/mol. The number of hydrogen-bond donors (Lipinski definition) is 1. The highest BCUT2D eigenvalue weighted by Crippen LogP contribution is 2.25. The summed E-state index contributed by atoms with van der Waals surface area (Å²) in [6.07, 6.45) is 2.83. The number of halogens is 1. The molecular weight excluding hydrogens is 432 g/mol. The second kappa shape index (κ2) is 12.8. The van der Waals surface area contributed by atoms with Gasteiger partial charge in [-0.1, -0.05) is 97.7 Å². The Kier molecular flexibility index (Phi) is 9.52.